The number of methoxy groups -OCH3 is 2. The zero-order valence-electron chi connectivity index (χ0n) is 16.9. The number of para-hydroxylation sites is 1. The number of hydrogen-bond acceptors (Lipinski definition) is 6. The van der Waals surface area contributed by atoms with Crippen LogP contribution in [-0.4, -0.2) is 40.1 Å². The fourth-order valence-corrected chi connectivity index (χ4v) is 3.73. The summed E-state index contributed by atoms with van der Waals surface area (Å²) in [5, 5.41) is 11.9. The Morgan fingerprint density at radius 1 is 1.10 bits per heavy atom. The van der Waals surface area contributed by atoms with Crippen LogP contribution >= 0.6 is 11.8 Å². The van der Waals surface area contributed by atoms with Crippen molar-refractivity contribution in [2.75, 3.05) is 19.5 Å². The molecule has 1 heterocycles. The minimum absolute atomic E-state index is 0.107. The molecular weight excluding hydrogens is 388 g/mol. The Bertz CT molecular complexity index is 972. The van der Waals surface area contributed by atoms with Crippen molar-refractivity contribution >= 4 is 23.4 Å². The number of anilines is 1. The average Bonchev–Trinajstić information content (AvgIpc) is 3.16. The van der Waals surface area contributed by atoms with Crippen LogP contribution in [0.3, 0.4) is 0 Å². The van der Waals surface area contributed by atoms with Gasteiger partial charge in [-0.25, -0.2) is 0 Å². The van der Waals surface area contributed by atoms with E-state index in [9.17, 15) is 4.79 Å². The average molecular weight is 413 g/mol. The molecule has 0 saturated carbocycles. The summed E-state index contributed by atoms with van der Waals surface area (Å²) in [4.78, 5) is 12.6. The van der Waals surface area contributed by atoms with E-state index < -0.39 is 0 Å². The first-order valence-electron chi connectivity index (χ1n) is 9.25. The lowest BCUT2D eigenvalue weighted by atomic mass is 10.2. The van der Waals surface area contributed by atoms with E-state index in [1.54, 1.807) is 26.4 Å². The van der Waals surface area contributed by atoms with Gasteiger partial charge in [-0.2, -0.15) is 0 Å². The Kier molecular flexibility index (Phi) is 6.77. The van der Waals surface area contributed by atoms with Crippen molar-refractivity contribution in [3.8, 4) is 22.9 Å². The van der Waals surface area contributed by atoms with Gasteiger partial charge >= 0.3 is 0 Å². The zero-order chi connectivity index (χ0) is 20.8. The standard InChI is InChI=1S/C21H24N4O3S/c1-5-25-19(17-8-6-7-9-18(17)28-4)23-24-21(25)29-14(2)20(26)22-15-10-12-16(27-3)13-11-15/h6-14H,5H2,1-4H3,(H,22,26)/t14-/m0/s1. The first-order valence-corrected chi connectivity index (χ1v) is 10.1. The quantitative estimate of drug-likeness (QED) is 0.561. The predicted octanol–water partition coefficient (Wildman–Crippen LogP) is 4.10. The van der Waals surface area contributed by atoms with Crippen LogP contribution in [0.5, 0.6) is 11.5 Å². The van der Waals surface area contributed by atoms with Gasteiger partial charge in [0.25, 0.3) is 0 Å². The summed E-state index contributed by atoms with van der Waals surface area (Å²) in [6.07, 6.45) is 0. The van der Waals surface area contributed by atoms with Crippen molar-refractivity contribution in [1.82, 2.24) is 14.8 Å². The maximum absolute atomic E-state index is 12.6. The highest BCUT2D eigenvalue weighted by Crippen LogP contribution is 2.32. The van der Waals surface area contributed by atoms with Crippen LogP contribution < -0.4 is 14.8 Å². The van der Waals surface area contributed by atoms with Crippen LogP contribution in [0.15, 0.2) is 53.7 Å². The van der Waals surface area contributed by atoms with Gasteiger partial charge in [0.05, 0.1) is 25.0 Å². The fraction of sp³-hybridized carbons (Fsp3) is 0.286. The third kappa shape index (κ3) is 4.71. The SMILES string of the molecule is CCn1c(S[C@@H](C)C(=O)Nc2ccc(OC)cc2)nnc1-c1ccccc1OC. The van der Waals surface area contributed by atoms with Crippen molar-refractivity contribution in [2.45, 2.75) is 30.8 Å². The van der Waals surface area contributed by atoms with E-state index in [2.05, 4.69) is 15.5 Å². The predicted molar refractivity (Wildman–Crippen MR) is 115 cm³/mol. The van der Waals surface area contributed by atoms with E-state index in [1.165, 1.54) is 11.8 Å². The van der Waals surface area contributed by atoms with Crippen molar-refractivity contribution < 1.29 is 14.3 Å². The number of hydrogen-bond donors (Lipinski definition) is 1. The summed E-state index contributed by atoms with van der Waals surface area (Å²) < 4.78 is 12.6. The van der Waals surface area contributed by atoms with Crippen LogP contribution in [0, 0.1) is 0 Å². The van der Waals surface area contributed by atoms with E-state index in [1.807, 2.05) is 54.8 Å². The van der Waals surface area contributed by atoms with Gasteiger partial charge in [-0.3, -0.25) is 4.79 Å². The zero-order valence-corrected chi connectivity index (χ0v) is 17.7. The lowest BCUT2D eigenvalue weighted by molar-refractivity contribution is -0.115. The largest absolute Gasteiger partial charge is 0.497 e. The molecule has 1 N–H and O–H groups in total. The van der Waals surface area contributed by atoms with Crippen LogP contribution in [0.25, 0.3) is 11.4 Å². The van der Waals surface area contributed by atoms with Gasteiger partial charge < -0.3 is 19.4 Å². The molecule has 0 spiro atoms. The van der Waals surface area contributed by atoms with Gasteiger partial charge in [0.15, 0.2) is 11.0 Å². The summed E-state index contributed by atoms with van der Waals surface area (Å²) in [5.74, 6) is 2.08. The molecule has 1 amide bonds. The number of nitrogens with zero attached hydrogens (tertiary/aromatic N) is 3. The van der Waals surface area contributed by atoms with E-state index in [0.717, 1.165) is 28.6 Å². The van der Waals surface area contributed by atoms with Gasteiger partial charge in [-0.15, -0.1) is 10.2 Å². The van der Waals surface area contributed by atoms with Crippen molar-refractivity contribution in [3.63, 3.8) is 0 Å². The summed E-state index contributed by atoms with van der Waals surface area (Å²) in [6.45, 7) is 4.55. The highest BCUT2D eigenvalue weighted by Gasteiger charge is 2.21. The van der Waals surface area contributed by atoms with Gasteiger partial charge in [-0.05, 0) is 50.2 Å². The Labute approximate surface area is 174 Å². The lowest BCUT2D eigenvalue weighted by Crippen LogP contribution is -2.22. The maximum atomic E-state index is 12.6. The molecule has 0 unspecified atom stereocenters. The van der Waals surface area contributed by atoms with E-state index >= 15 is 0 Å². The molecule has 152 valence electrons. The van der Waals surface area contributed by atoms with Gasteiger partial charge in [-0.1, -0.05) is 23.9 Å². The number of nitrogens with one attached hydrogen (secondary N) is 1. The van der Waals surface area contributed by atoms with E-state index in [4.69, 9.17) is 9.47 Å². The van der Waals surface area contributed by atoms with Crippen LogP contribution in [0.1, 0.15) is 13.8 Å². The monoisotopic (exact) mass is 412 g/mol. The van der Waals surface area contributed by atoms with E-state index in [-0.39, 0.29) is 11.2 Å². The number of ether oxygens (including phenoxy) is 2. The Hall–Kier alpha value is -3.00. The van der Waals surface area contributed by atoms with Crippen LogP contribution in [0.2, 0.25) is 0 Å². The highest BCUT2D eigenvalue weighted by molar-refractivity contribution is 8.00. The molecule has 0 saturated heterocycles. The third-order valence-electron chi connectivity index (χ3n) is 4.39. The number of carbonyl (C=O) groups excluding carboxylic acids is 1. The molecule has 2 aromatic carbocycles. The van der Waals surface area contributed by atoms with Crippen LogP contribution in [0.4, 0.5) is 5.69 Å². The molecule has 0 fully saturated rings. The lowest BCUT2D eigenvalue weighted by Gasteiger charge is -2.13. The Balaban J connectivity index is 1.75. The number of rotatable bonds is 8. The normalized spacial score (nSPS) is 11.7. The number of carbonyl (C=O) groups is 1. The molecule has 0 aliphatic rings. The fourth-order valence-electron chi connectivity index (χ4n) is 2.82. The molecule has 3 rings (SSSR count). The molecule has 0 bridgehead atoms. The number of aromatic nitrogens is 3. The van der Waals surface area contributed by atoms with E-state index in [0.29, 0.717) is 11.7 Å². The minimum atomic E-state index is -0.350. The molecule has 8 heteroatoms. The van der Waals surface area contributed by atoms with Gasteiger partial charge in [0.2, 0.25) is 5.91 Å². The smallest absolute Gasteiger partial charge is 0.237 e. The molecule has 1 atom stereocenters. The topological polar surface area (TPSA) is 78.3 Å². The first-order chi connectivity index (χ1) is 14.1. The Morgan fingerprint density at radius 3 is 2.48 bits per heavy atom. The summed E-state index contributed by atoms with van der Waals surface area (Å²) in [6, 6.07) is 14.9. The molecule has 29 heavy (non-hydrogen) atoms. The van der Waals surface area contributed by atoms with Gasteiger partial charge in [0, 0.05) is 12.2 Å². The van der Waals surface area contributed by atoms with Crippen molar-refractivity contribution in [3.05, 3.63) is 48.5 Å². The summed E-state index contributed by atoms with van der Waals surface area (Å²) >= 11 is 1.37. The highest BCUT2D eigenvalue weighted by atomic mass is 32.2. The van der Waals surface area contributed by atoms with Gasteiger partial charge in [0.1, 0.15) is 11.5 Å². The molecule has 7 nitrogen and oxygen atoms in total. The second kappa shape index (κ2) is 9.47. The van der Waals surface area contributed by atoms with Crippen molar-refractivity contribution in [1.29, 1.82) is 0 Å². The third-order valence-corrected chi connectivity index (χ3v) is 5.47. The first kappa shape index (κ1) is 20.7. The van der Waals surface area contributed by atoms with Crippen molar-refractivity contribution in [2.24, 2.45) is 0 Å². The van der Waals surface area contributed by atoms with Crippen LogP contribution in [-0.2, 0) is 11.3 Å². The number of amides is 1. The molecule has 0 aliphatic heterocycles. The second-order valence-electron chi connectivity index (χ2n) is 6.23. The number of thioether (sulfide) groups is 1. The summed E-state index contributed by atoms with van der Waals surface area (Å²) in [7, 11) is 3.24. The molecule has 0 radical (unpaired) electrons. The molecule has 0 aliphatic carbocycles. The minimum Gasteiger partial charge on any atom is -0.497 e. The Morgan fingerprint density at radius 2 is 1.83 bits per heavy atom. The molecule has 1 aromatic heterocycles. The second-order valence-corrected chi connectivity index (χ2v) is 7.54. The number of benzene rings is 2. The summed E-state index contributed by atoms with van der Waals surface area (Å²) in [5.41, 5.74) is 1.58. The molecule has 3 aromatic rings. The molecular formula is C21H24N4O3S. The maximum Gasteiger partial charge on any atom is 0.237 e.